The first-order valence-electron chi connectivity index (χ1n) is 4.63. The van der Waals surface area contributed by atoms with Gasteiger partial charge in [0.15, 0.2) is 0 Å². The Balaban J connectivity index is 2.73. The summed E-state index contributed by atoms with van der Waals surface area (Å²) in [5.41, 5.74) is 0. The summed E-state index contributed by atoms with van der Waals surface area (Å²) < 4.78 is 10.5. The third-order valence-electron chi connectivity index (χ3n) is 1.50. The Morgan fingerprint density at radius 1 is 0.917 bits per heavy atom. The van der Waals surface area contributed by atoms with Crippen LogP contribution < -0.4 is 0 Å². The average Bonchev–Trinajstić information content (AvgIpc) is 2.10. The molecule has 0 aliphatic carbocycles. The van der Waals surface area contributed by atoms with Gasteiger partial charge in [0.05, 0.1) is 13.2 Å². The van der Waals surface area contributed by atoms with E-state index in [9.17, 15) is 0 Å². The van der Waals surface area contributed by atoms with Gasteiger partial charge in [-0.05, 0) is 19.8 Å². The highest BCUT2D eigenvalue weighted by molar-refractivity contribution is 9.09. The Morgan fingerprint density at radius 2 is 1.67 bits per heavy atom. The van der Waals surface area contributed by atoms with Gasteiger partial charge in [-0.15, -0.1) is 0 Å². The molecular weight excluding hydrogens is 220 g/mol. The summed E-state index contributed by atoms with van der Waals surface area (Å²) in [6.07, 6.45) is 3.66. The van der Waals surface area contributed by atoms with E-state index in [-0.39, 0.29) is 0 Å². The quantitative estimate of drug-likeness (QED) is 0.455. The molecule has 0 aromatic carbocycles. The Kier molecular flexibility index (Phi) is 11.8. The summed E-state index contributed by atoms with van der Waals surface area (Å²) in [6, 6.07) is 0. The molecule has 0 aliphatic rings. The number of ether oxygens (including phenoxy) is 2. The zero-order valence-corrected chi connectivity index (χ0v) is 9.44. The SMILES string of the molecule is CCOCCOCCCCCBr. The van der Waals surface area contributed by atoms with Crippen molar-refractivity contribution >= 4 is 15.9 Å². The first-order chi connectivity index (χ1) is 5.91. The van der Waals surface area contributed by atoms with Crippen molar-refractivity contribution in [2.24, 2.45) is 0 Å². The number of rotatable bonds is 9. The van der Waals surface area contributed by atoms with Crippen molar-refractivity contribution in [2.75, 3.05) is 31.8 Å². The summed E-state index contributed by atoms with van der Waals surface area (Å²) in [5.74, 6) is 0. The van der Waals surface area contributed by atoms with Crippen LogP contribution in [0.3, 0.4) is 0 Å². The molecule has 0 atom stereocenters. The number of unbranched alkanes of at least 4 members (excludes halogenated alkanes) is 2. The molecule has 0 N–H and O–H groups in total. The maximum absolute atomic E-state index is 5.34. The van der Waals surface area contributed by atoms with Gasteiger partial charge in [-0.3, -0.25) is 0 Å². The largest absolute Gasteiger partial charge is 0.379 e. The van der Waals surface area contributed by atoms with E-state index in [1.54, 1.807) is 0 Å². The molecule has 12 heavy (non-hydrogen) atoms. The molecule has 74 valence electrons. The van der Waals surface area contributed by atoms with Crippen LogP contribution in [0.1, 0.15) is 26.2 Å². The normalized spacial score (nSPS) is 10.5. The lowest BCUT2D eigenvalue weighted by atomic mass is 10.3. The number of hydrogen-bond donors (Lipinski definition) is 0. The van der Waals surface area contributed by atoms with Crippen LogP contribution in [0.25, 0.3) is 0 Å². The molecule has 2 nitrogen and oxygen atoms in total. The topological polar surface area (TPSA) is 18.5 Å². The van der Waals surface area contributed by atoms with E-state index >= 15 is 0 Å². The first-order valence-corrected chi connectivity index (χ1v) is 5.75. The van der Waals surface area contributed by atoms with Gasteiger partial charge in [0, 0.05) is 18.5 Å². The van der Waals surface area contributed by atoms with Crippen LogP contribution in [0.5, 0.6) is 0 Å². The van der Waals surface area contributed by atoms with E-state index < -0.39 is 0 Å². The summed E-state index contributed by atoms with van der Waals surface area (Å²) >= 11 is 3.39. The first kappa shape index (κ1) is 12.4. The predicted molar refractivity (Wildman–Crippen MR) is 55.0 cm³/mol. The zero-order valence-electron chi connectivity index (χ0n) is 7.85. The predicted octanol–water partition coefficient (Wildman–Crippen LogP) is 2.60. The van der Waals surface area contributed by atoms with Crippen LogP contribution in [-0.2, 0) is 9.47 Å². The molecule has 0 fully saturated rings. The van der Waals surface area contributed by atoms with E-state index in [2.05, 4.69) is 15.9 Å². The van der Waals surface area contributed by atoms with Crippen molar-refractivity contribution < 1.29 is 9.47 Å². The van der Waals surface area contributed by atoms with Gasteiger partial charge in [0.25, 0.3) is 0 Å². The highest BCUT2D eigenvalue weighted by atomic mass is 79.9. The van der Waals surface area contributed by atoms with Crippen LogP contribution in [-0.4, -0.2) is 31.8 Å². The molecular formula is C9H19BrO2. The fourth-order valence-corrected chi connectivity index (χ4v) is 1.24. The second kappa shape index (κ2) is 11.4. The van der Waals surface area contributed by atoms with Crippen LogP contribution in [0.15, 0.2) is 0 Å². The van der Waals surface area contributed by atoms with Gasteiger partial charge in [-0.1, -0.05) is 22.4 Å². The molecule has 0 amide bonds. The highest BCUT2D eigenvalue weighted by Gasteiger charge is 1.89. The molecule has 0 saturated carbocycles. The minimum atomic E-state index is 0.731. The molecule has 0 bridgehead atoms. The molecule has 0 radical (unpaired) electrons. The summed E-state index contributed by atoms with van der Waals surface area (Å²) in [5, 5.41) is 1.10. The molecule has 3 heteroatoms. The molecule has 0 spiro atoms. The van der Waals surface area contributed by atoms with Crippen molar-refractivity contribution in [2.45, 2.75) is 26.2 Å². The van der Waals surface area contributed by atoms with E-state index in [0.29, 0.717) is 0 Å². The van der Waals surface area contributed by atoms with Gasteiger partial charge in [0.1, 0.15) is 0 Å². The standard InChI is InChI=1S/C9H19BrO2/c1-2-11-8-9-12-7-5-3-4-6-10/h2-9H2,1H3. The van der Waals surface area contributed by atoms with Crippen LogP contribution in [0, 0.1) is 0 Å². The van der Waals surface area contributed by atoms with Crippen molar-refractivity contribution in [1.82, 2.24) is 0 Å². The third-order valence-corrected chi connectivity index (χ3v) is 2.06. The van der Waals surface area contributed by atoms with Gasteiger partial charge in [-0.2, -0.15) is 0 Å². The van der Waals surface area contributed by atoms with E-state index in [1.165, 1.54) is 12.8 Å². The maximum Gasteiger partial charge on any atom is 0.0700 e. The summed E-state index contributed by atoms with van der Waals surface area (Å²) in [7, 11) is 0. The lowest BCUT2D eigenvalue weighted by Gasteiger charge is -2.03. The lowest BCUT2D eigenvalue weighted by Crippen LogP contribution is -2.04. The fraction of sp³-hybridized carbons (Fsp3) is 1.00. The molecule has 0 rings (SSSR count). The Morgan fingerprint density at radius 3 is 2.33 bits per heavy atom. The van der Waals surface area contributed by atoms with Gasteiger partial charge < -0.3 is 9.47 Å². The average molecular weight is 239 g/mol. The second-order valence-electron chi connectivity index (χ2n) is 2.56. The van der Waals surface area contributed by atoms with Crippen LogP contribution in [0.4, 0.5) is 0 Å². The van der Waals surface area contributed by atoms with Crippen molar-refractivity contribution in [1.29, 1.82) is 0 Å². The maximum atomic E-state index is 5.34. The molecule has 0 aliphatic heterocycles. The number of hydrogen-bond acceptors (Lipinski definition) is 2. The minimum Gasteiger partial charge on any atom is -0.379 e. The molecule has 0 aromatic rings. The van der Waals surface area contributed by atoms with E-state index in [0.717, 1.165) is 38.2 Å². The fourth-order valence-electron chi connectivity index (χ4n) is 0.840. The number of halogens is 1. The monoisotopic (exact) mass is 238 g/mol. The minimum absolute atomic E-state index is 0.731. The molecule has 0 aromatic heterocycles. The molecule has 0 heterocycles. The molecule has 0 unspecified atom stereocenters. The number of alkyl halides is 1. The lowest BCUT2D eigenvalue weighted by molar-refractivity contribution is 0.0514. The third kappa shape index (κ3) is 10.4. The van der Waals surface area contributed by atoms with Crippen LogP contribution >= 0.6 is 15.9 Å². The zero-order chi connectivity index (χ0) is 9.07. The van der Waals surface area contributed by atoms with Crippen LogP contribution in [0.2, 0.25) is 0 Å². The summed E-state index contributed by atoms with van der Waals surface area (Å²) in [4.78, 5) is 0. The summed E-state index contributed by atoms with van der Waals surface area (Å²) in [6.45, 7) is 5.13. The highest BCUT2D eigenvalue weighted by Crippen LogP contribution is 1.98. The van der Waals surface area contributed by atoms with Gasteiger partial charge >= 0.3 is 0 Å². The van der Waals surface area contributed by atoms with E-state index in [1.807, 2.05) is 6.92 Å². The van der Waals surface area contributed by atoms with Crippen molar-refractivity contribution in [3.8, 4) is 0 Å². The van der Waals surface area contributed by atoms with Crippen molar-refractivity contribution in [3.05, 3.63) is 0 Å². The van der Waals surface area contributed by atoms with Gasteiger partial charge in [0.2, 0.25) is 0 Å². The Bertz CT molecular complexity index is 68.9. The smallest absolute Gasteiger partial charge is 0.0700 e. The van der Waals surface area contributed by atoms with E-state index in [4.69, 9.17) is 9.47 Å². The molecule has 0 saturated heterocycles. The van der Waals surface area contributed by atoms with Gasteiger partial charge in [-0.25, -0.2) is 0 Å². The Labute approximate surface area is 83.8 Å². The second-order valence-corrected chi connectivity index (χ2v) is 3.35. The van der Waals surface area contributed by atoms with Crippen molar-refractivity contribution in [3.63, 3.8) is 0 Å². The Hall–Kier alpha value is 0.400.